The van der Waals surface area contributed by atoms with Crippen LogP contribution in [0.1, 0.15) is 0 Å². The Balaban J connectivity index is 2.32. The van der Waals surface area contributed by atoms with Gasteiger partial charge in [-0.3, -0.25) is 15.8 Å². The van der Waals surface area contributed by atoms with Gasteiger partial charge in [-0.25, -0.2) is 0 Å². The van der Waals surface area contributed by atoms with Gasteiger partial charge >= 0.3 is 0 Å². The molecule has 1 aromatic rings. The molecule has 1 amide bonds. The minimum absolute atomic E-state index is 0.350. The van der Waals surface area contributed by atoms with E-state index >= 15 is 0 Å². The van der Waals surface area contributed by atoms with Crippen LogP contribution in [0.15, 0.2) is 40.5 Å². The molecule has 1 aromatic carbocycles. The number of aliphatic imine (C=N–C) groups is 1. The number of nitrogens with one attached hydrogen (secondary N) is 3. The summed E-state index contributed by atoms with van der Waals surface area (Å²) in [6.45, 7) is 0. The van der Waals surface area contributed by atoms with E-state index in [0.717, 1.165) is 0 Å². The average molecular weight is 281 g/mol. The number of carbonyl (C=O) groups is 1. The first-order valence-electron chi connectivity index (χ1n) is 5.34. The number of carboxylic acid groups (broad SMARTS) is 1. The van der Waals surface area contributed by atoms with Crippen LogP contribution in [-0.2, 0) is 0 Å². The topological polar surface area (TPSA) is 91.8 Å². The molecule has 0 radical (unpaired) electrons. The smallest absolute Gasteiger partial charge is 0.144 e. The van der Waals surface area contributed by atoms with Gasteiger partial charge in [-0.2, -0.15) is 5.12 Å². The second kappa shape index (κ2) is 5.49. The fraction of sp³-hybridized carbons (Fsp3) is 0.0909. The molecule has 1 heterocycles. The average Bonchev–Trinajstić information content (AvgIpc) is 2.38. The Labute approximate surface area is 114 Å². The van der Waals surface area contributed by atoms with Crippen LogP contribution in [0.4, 0.5) is 16.2 Å². The summed E-state index contributed by atoms with van der Waals surface area (Å²) < 4.78 is 0. The van der Waals surface area contributed by atoms with E-state index in [0.29, 0.717) is 22.4 Å². The number of para-hydroxylation sites is 2. The van der Waals surface area contributed by atoms with E-state index in [9.17, 15) is 9.90 Å². The van der Waals surface area contributed by atoms with Gasteiger partial charge in [0.05, 0.1) is 5.69 Å². The van der Waals surface area contributed by atoms with Gasteiger partial charge in [0.25, 0.3) is 0 Å². The number of carbonyl (C=O) groups excluding carboxylic acids is 1. The van der Waals surface area contributed by atoms with Crippen LogP contribution < -0.4 is 26.4 Å². The van der Waals surface area contributed by atoms with Crippen LogP contribution in [0.5, 0.6) is 0 Å². The van der Waals surface area contributed by atoms with E-state index in [4.69, 9.17) is 11.6 Å². The Morgan fingerprint density at radius 2 is 2.16 bits per heavy atom. The molecule has 0 aromatic heterocycles. The van der Waals surface area contributed by atoms with Crippen molar-refractivity contribution in [1.82, 2.24) is 10.9 Å². The van der Waals surface area contributed by atoms with Gasteiger partial charge in [0, 0.05) is 13.1 Å². The molecular weight excluding hydrogens is 270 g/mol. The third kappa shape index (κ3) is 3.08. The van der Waals surface area contributed by atoms with Crippen LogP contribution in [0, 0.1) is 0 Å². The van der Waals surface area contributed by atoms with Crippen molar-refractivity contribution in [2.45, 2.75) is 0 Å². The molecule has 0 fully saturated rings. The maximum Gasteiger partial charge on any atom is 0.144 e. The first-order valence-corrected chi connectivity index (χ1v) is 5.72. The molecule has 8 heteroatoms. The molecule has 3 N–H and O–H groups in total. The molecule has 0 aliphatic carbocycles. The molecule has 0 unspecified atom stereocenters. The molecule has 7 nitrogen and oxygen atoms in total. The molecule has 1 aliphatic rings. The Morgan fingerprint density at radius 3 is 2.84 bits per heavy atom. The third-order valence-corrected chi connectivity index (χ3v) is 2.52. The zero-order valence-electron chi connectivity index (χ0n) is 9.98. The fourth-order valence-electron chi connectivity index (χ4n) is 1.55. The predicted octanol–water partition coefficient (Wildman–Crippen LogP) is 0.379. The van der Waals surface area contributed by atoms with Gasteiger partial charge in [0.2, 0.25) is 0 Å². The monoisotopic (exact) mass is 280 g/mol. The van der Waals surface area contributed by atoms with E-state index in [1.165, 1.54) is 5.12 Å². The third-order valence-electron chi connectivity index (χ3n) is 2.33. The standard InChI is InChI=1S/C11H12ClN5O2/c1-13-10-6-9(12)15-17(16-10)8-5-3-2-4-7(8)14-11(18)19/h2-6,14-15H,1H3,(H,13,16)(H,18,19)/p-1. The number of benzene rings is 1. The van der Waals surface area contributed by atoms with Crippen molar-refractivity contribution in [3.8, 4) is 0 Å². The fourth-order valence-corrected chi connectivity index (χ4v) is 1.74. The van der Waals surface area contributed by atoms with Gasteiger partial charge in [-0.05, 0) is 12.1 Å². The molecular formula is C11H11ClN5O2-. The summed E-state index contributed by atoms with van der Waals surface area (Å²) in [7, 11) is 1.61. The maximum absolute atomic E-state index is 10.6. The molecule has 2 rings (SSSR count). The molecule has 0 saturated heterocycles. The lowest BCUT2D eigenvalue weighted by atomic mass is 10.2. The molecule has 0 saturated carbocycles. The summed E-state index contributed by atoms with van der Waals surface area (Å²) in [6.07, 6.45) is 0.211. The SMILES string of the molecule is CN=C1C=C(Cl)NN(c2ccccc2NC(=O)[O-])N1. The largest absolute Gasteiger partial charge is 0.530 e. The molecule has 19 heavy (non-hydrogen) atoms. The van der Waals surface area contributed by atoms with Crippen molar-refractivity contribution in [2.24, 2.45) is 4.99 Å². The van der Waals surface area contributed by atoms with Crippen LogP contribution in [-0.4, -0.2) is 19.0 Å². The Morgan fingerprint density at radius 1 is 1.42 bits per heavy atom. The number of nitrogens with zero attached hydrogens (tertiary/aromatic N) is 2. The van der Waals surface area contributed by atoms with E-state index in [1.807, 2.05) is 0 Å². The van der Waals surface area contributed by atoms with E-state index in [1.54, 1.807) is 37.4 Å². The quantitative estimate of drug-likeness (QED) is 0.681. The Hall–Kier alpha value is -2.41. The highest BCUT2D eigenvalue weighted by molar-refractivity contribution is 6.31. The normalized spacial score (nSPS) is 16.4. The van der Waals surface area contributed by atoms with Crippen molar-refractivity contribution < 1.29 is 9.90 Å². The number of anilines is 2. The first-order chi connectivity index (χ1) is 9.10. The highest BCUT2D eigenvalue weighted by Gasteiger charge is 2.17. The number of hydrogen-bond donors (Lipinski definition) is 3. The summed E-state index contributed by atoms with van der Waals surface area (Å²) in [6, 6.07) is 6.76. The summed E-state index contributed by atoms with van der Waals surface area (Å²) >= 11 is 5.93. The highest BCUT2D eigenvalue weighted by atomic mass is 35.5. The van der Waals surface area contributed by atoms with Crippen molar-refractivity contribution in [2.75, 3.05) is 17.5 Å². The minimum Gasteiger partial charge on any atom is -0.530 e. The van der Waals surface area contributed by atoms with Gasteiger partial charge in [-0.15, -0.1) is 0 Å². The van der Waals surface area contributed by atoms with E-state index in [2.05, 4.69) is 21.2 Å². The number of halogens is 1. The Bertz CT molecular complexity index is 558. The van der Waals surface area contributed by atoms with Crippen LogP contribution in [0.25, 0.3) is 0 Å². The lowest BCUT2D eigenvalue weighted by molar-refractivity contribution is -0.242. The lowest BCUT2D eigenvalue weighted by Gasteiger charge is -2.31. The van der Waals surface area contributed by atoms with Gasteiger partial charge in [0.15, 0.2) is 0 Å². The van der Waals surface area contributed by atoms with Crippen molar-refractivity contribution in [3.05, 3.63) is 35.5 Å². The highest BCUT2D eigenvalue weighted by Crippen LogP contribution is 2.24. The number of amidine groups is 1. The predicted molar refractivity (Wildman–Crippen MR) is 71.5 cm³/mol. The van der Waals surface area contributed by atoms with E-state index in [-0.39, 0.29) is 0 Å². The summed E-state index contributed by atoms with van der Waals surface area (Å²) in [4.78, 5) is 14.6. The summed E-state index contributed by atoms with van der Waals surface area (Å²) in [5.41, 5.74) is 6.62. The Kier molecular flexibility index (Phi) is 3.76. The van der Waals surface area contributed by atoms with E-state index < -0.39 is 6.09 Å². The van der Waals surface area contributed by atoms with Gasteiger partial charge < -0.3 is 15.2 Å². The molecule has 0 bridgehead atoms. The molecule has 0 atom stereocenters. The van der Waals surface area contributed by atoms with Crippen LogP contribution in [0.3, 0.4) is 0 Å². The molecule has 1 aliphatic heterocycles. The van der Waals surface area contributed by atoms with Crippen molar-refractivity contribution >= 4 is 34.9 Å². The number of rotatable bonds is 2. The minimum atomic E-state index is -1.39. The lowest BCUT2D eigenvalue weighted by Crippen LogP contribution is -2.53. The maximum atomic E-state index is 10.6. The summed E-state index contributed by atoms with van der Waals surface area (Å²) in [5.74, 6) is 0.534. The van der Waals surface area contributed by atoms with Crippen molar-refractivity contribution in [1.29, 1.82) is 0 Å². The second-order valence-corrected chi connectivity index (χ2v) is 4.00. The number of amides is 1. The van der Waals surface area contributed by atoms with Crippen LogP contribution in [0.2, 0.25) is 0 Å². The number of hydrazine groups is 2. The number of hydrogen-bond acceptors (Lipinski definition) is 5. The first kappa shape index (κ1) is 13.0. The summed E-state index contributed by atoms with van der Waals surface area (Å²) in [5, 5.41) is 14.6. The van der Waals surface area contributed by atoms with Crippen molar-refractivity contribution in [3.63, 3.8) is 0 Å². The van der Waals surface area contributed by atoms with Gasteiger partial charge in [-0.1, -0.05) is 23.7 Å². The van der Waals surface area contributed by atoms with Gasteiger partial charge in [0.1, 0.15) is 22.8 Å². The molecule has 100 valence electrons. The molecule has 0 spiro atoms. The zero-order valence-corrected chi connectivity index (χ0v) is 10.7. The zero-order chi connectivity index (χ0) is 13.8. The van der Waals surface area contributed by atoms with Crippen LogP contribution >= 0.6 is 11.6 Å². The second-order valence-electron chi connectivity index (χ2n) is 3.59.